The normalized spacial score (nSPS) is 16.5. The lowest BCUT2D eigenvalue weighted by Gasteiger charge is -2.02. The van der Waals surface area contributed by atoms with E-state index in [2.05, 4.69) is 10.3 Å². The molecule has 1 aromatic carbocycles. The fraction of sp³-hybridized carbons (Fsp3) is 0. The summed E-state index contributed by atoms with van der Waals surface area (Å²) in [7, 11) is 0. The van der Waals surface area contributed by atoms with Crippen LogP contribution in [0.4, 0.5) is 4.79 Å². The monoisotopic (exact) mass is 282 g/mol. The molecule has 1 fully saturated rings. The standard InChI is InChI=1S/C15H10N2O2S/c18-14-13(20-15(19)17-14)7-10-6-12(9-16-8-10)11-4-2-1-3-5-11/h1-9H,(H,17,18,19). The van der Waals surface area contributed by atoms with Crippen molar-refractivity contribution in [1.29, 1.82) is 0 Å². The molecule has 0 spiro atoms. The van der Waals surface area contributed by atoms with Crippen molar-refractivity contribution in [2.24, 2.45) is 0 Å². The number of amides is 2. The van der Waals surface area contributed by atoms with Crippen LogP contribution in [0, 0.1) is 0 Å². The van der Waals surface area contributed by atoms with Crippen molar-refractivity contribution in [3.63, 3.8) is 0 Å². The Morgan fingerprint density at radius 2 is 1.85 bits per heavy atom. The van der Waals surface area contributed by atoms with E-state index >= 15 is 0 Å². The molecule has 4 nitrogen and oxygen atoms in total. The number of carbonyl (C=O) groups is 2. The largest absolute Gasteiger partial charge is 0.290 e. The van der Waals surface area contributed by atoms with Gasteiger partial charge in [-0.2, -0.15) is 0 Å². The lowest BCUT2D eigenvalue weighted by Crippen LogP contribution is -2.17. The Morgan fingerprint density at radius 1 is 1.05 bits per heavy atom. The Kier molecular flexibility index (Phi) is 3.35. The van der Waals surface area contributed by atoms with E-state index < -0.39 is 0 Å². The molecule has 3 rings (SSSR count). The number of pyridine rings is 1. The van der Waals surface area contributed by atoms with Crippen LogP contribution in [0.15, 0.2) is 53.7 Å². The summed E-state index contributed by atoms with van der Waals surface area (Å²) in [5.41, 5.74) is 2.81. The number of rotatable bonds is 2. The number of aromatic nitrogens is 1. The molecule has 1 aliphatic heterocycles. The summed E-state index contributed by atoms with van der Waals surface area (Å²) in [6.07, 6.45) is 5.10. The highest BCUT2D eigenvalue weighted by Gasteiger charge is 2.24. The number of imide groups is 1. The summed E-state index contributed by atoms with van der Waals surface area (Å²) < 4.78 is 0. The minimum absolute atomic E-state index is 0.339. The van der Waals surface area contributed by atoms with Gasteiger partial charge in [-0.1, -0.05) is 30.3 Å². The van der Waals surface area contributed by atoms with E-state index in [9.17, 15) is 9.59 Å². The van der Waals surface area contributed by atoms with E-state index in [1.54, 1.807) is 18.5 Å². The molecule has 1 saturated heterocycles. The van der Waals surface area contributed by atoms with Gasteiger partial charge in [0.1, 0.15) is 0 Å². The molecule has 1 aliphatic rings. The van der Waals surface area contributed by atoms with Crippen LogP contribution in [0.25, 0.3) is 17.2 Å². The molecule has 5 heteroatoms. The highest BCUT2D eigenvalue weighted by molar-refractivity contribution is 8.18. The smallest absolute Gasteiger partial charge is 0.282 e. The van der Waals surface area contributed by atoms with Crippen molar-refractivity contribution < 1.29 is 9.59 Å². The van der Waals surface area contributed by atoms with Gasteiger partial charge in [0.25, 0.3) is 11.1 Å². The molecule has 0 bridgehead atoms. The molecule has 1 N–H and O–H groups in total. The second kappa shape index (κ2) is 5.30. The summed E-state index contributed by atoms with van der Waals surface area (Å²) in [5.74, 6) is -0.356. The van der Waals surface area contributed by atoms with Crippen LogP contribution < -0.4 is 5.32 Å². The van der Waals surface area contributed by atoms with E-state index in [1.807, 2.05) is 36.4 Å². The lowest BCUT2D eigenvalue weighted by atomic mass is 10.1. The van der Waals surface area contributed by atoms with Crippen molar-refractivity contribution in [1.82, 2.24) is 10.3 Å². The maximum Gasteiger partial charge on any atom is 0.290 e. The van der Waals surface area contributed by atoms with Crippen LogP contribution in [0.5, 0.6) is 0 Å². The summed E-state index contributed by atoms with van der Waals surface area (Å²) in [5, 5.41) is 1.89. The Morgan fingerprint density at radius 3 is 2.55 bits per heavy atom. The van der Waals surface area contributed by atoms with Crippen LogP contribution >= 0.6 is 11.8 Å². The van der Waals surface area contributed by atoms with Crippen LogP contribution in [0.3, 0.4) is 0 Å². The van der Waals surface area contributed by atoms with Gasteiger partial charge >= 0.3 is 0 Å². The summed E-state index contributed by atoms with van der Waals surface area (Å²) in [6, 6.07) is 11.8. The summed E-state index contributed by atoms with van der Waals surface area (Å²) in [4.78, 5) is 27.2. The van der Waals surface area contributed by atoms with Crippen LogP contribution in [-0.4, -0.2) is 16.1 Å². The number of nitrogens with one attached hydrogen (secondary N) is 1. The molecule has 0 saturated carbocycles. The minimum atomic E-state index is -0.356. The molecule has 2 heterocycles. The maximum absolute atomic E-state index is 11.5. The first kappa shape index (κ1) is 12.6. The Labute approximate surface area is 119 Å². The third-order valence-electron chi connectivity index (χ3n) is 2.81. The van der Waals surface area contributed by atoms with E-state index in [1.165, 1.54) is 0 Å². The van der Waals surface area contributed by atoms with Gasteiger partial charge in [0, 0.05) is 18.0 Å². The third kappa shape index (κ3) is 2.62. The molecule has 98 valence electrons. The molecule has 20 heavy (non-hydrogen) atoms. The zero-order chi connectivity index (χ0) is 13.9. The summed E-state index contributed by atoms with van der Waals surface area (Å²) in [6.45, 7) is 0. The molecular formula is C15H10N2O2S. The van der Waals surface area contributed by atoms with Gasteiger partial charge in [-0.25, -0.2) is 0 Å². The van der Waals surface area contributed by atoms with Gasteiger partial charge < -0.3 is 0 Å². The fourth-order valence-electron chi connectivity index (χ4n) is 1.90. The second-order valence-electron chi connectivity index (χ2n) is 4.23. The van der Waals surface area contributed by atoms with Crippen molar-refractivity contribution in [3.8, 4) is 11.1 Å². The summed E-state index contributed by atoms with van der Waals surface area (Å²) >= 11 is 0.904. The number of hydrogen-bond acceptors (Lipinski definition) is 4. The number of thioether (sulfide) groups is 1. The van der Waals surface area contributed by atoms with E-state index in [-0.39, 0.29) is 11.1 Å². The molecular weight excluding hydrogens is 272 g/mol. The number of nitrogens with zero attached hydrogens (tertiary/aromatic N) is 1. The predicted octanol–water partition coefficient (Wildman–Crippen LogP) is 3.07. The van der Waals surface area contributed by atoms with Crippen molar-refractivity contribution in [2.75, 3.05) is 0 Å². The van der Waals surface area contributed by atoms with Gasteiger partial charge in [-0.3, -0.25) is 19.9 Å². The first-order valence-electron chi connectivity index (χ1n) is 5.98. The van der Waals surface area contributed by atoms with Crippen LogP contribution in [0.1, 0.15) is 5.56 Å². The molecule has 0 unspecified atom stereocenters. The minimum Gasteiger partial charge on any atom is -0.282 e. The number of benzene rings is 1. The van der Waals surface area contributed by atoms with Gasteiger partial charge in [-0.15, -0.1) is 0 Å². The van der Waals surface area contributed by atoms with Gasteiger partial charge in [0.15, 0.2) is 0 Å². The van der Waals surface area contributed by atoms with E-state index in [0.717, 1.165) is 28.5 Å². The van der Waals surface area contributed by atoms with Crippen molar-refractivity contribution >= 4 is 29.0 Å². The van der Waals surface area contributed by atoms with Gasteiger partial charge in [0.2, 0.25) is 0 Å². The SMILES string of the molecule is O=C1NC(=O)C(=Cc2cncc(-c3ccccc3)c2)S1. The molecule has 2 amide bonds. The van der Waals surface area contributed by atoms with Gasteiger partial charge in [-0.05, 0) is 35.0 Å². The predicted molar refractivity (Wildman–Crippen MR) is 78.8 cm³/mol. The quantitative estimate of drug-likeness (QED) is 0.860. The average Bonchev–Trinajstić information content (AvgIpc) is 2.78. The molecule has 0 atom stereocenters. The van der Waals surface area contributed by atoms with Gasteiger partial charge in [0.05, 0.1) is 4.91 Å². The highest BCUT2D eigenvalue weighted by Crippen LogP contribution is 2.26. The zero-order valence-corrected chi connectivity index (χ0v) is 11.2. The fourth-order valence-corrected chi connectivity index (χ4v) is 2.58. The Balaban J connectivity index is 1.95. The van der Waals surface area contributed by atoms with Crippen molar-refractivity contribution in [3.05, 3.63) is 59.3 Å². The highest BCUT2D eigenvalue weighted by atomic mass is 32.2. The maximum atomic E-state index is 11.5. The first-order chi connectivity index (χ1) is 9.72. The average molecular weight is 282 g/mol. The Hall–Kier alpha value is -2.40. The van der Waals surface area contributed by atoms with Crippen LogP contribution in [0.2, 0.25) is 0 Å². The Bertz CT molecular complexity index is 711. The van der Waals surface area contributed by atoms with Crippen molar-refractivity contribution in [2.45, 2.75) is 0 Å². The zero-order valence-electron chi connectivity index (χ0n) is 10.4. The molecule has 0 aliphatic carbocycles. The molecule has 2 aromatic rings. The topological polar surface area (TPSA) is 59.1 Å². The lowest BCUT2D eigenvalue weighted by molar-refractivity contribution is -0.115. The molecule has 0 radical (unpaired) electrons. The number of hydrogen-bond donors (Lipinski definition) is 1. The first-order valence-corrected chi connectivity index (χ1v) is 6.79. The number of carbonyl (C=O) groups excluding carboxylic acids is 2. The third-order valence-corrected chi connectivity index (χ3v) is 3.62. The van der Waals surface area contributed by atoms with E-state index in [0.29, 0.717) is 4.91 Å². The molecule has 1 aromatic heterocycles. The van der Waals surface area contributed by atoms with E-state index in [4.69, 9.17) is 0 Å². The second-order valence-corrected chi connectivity index (χ2v) is 5.24. The van der Waals surface area contributed by atoms with Crippen LogP contribution in [-0.2, 0) is 4.79 Å².